The molecule has 0 aliphatic carbocycles. The van der Waals surface area contributed by atoms with Gasteiger partial charge in [0.05, 0.1) is 0 Å². The van der Waals surface area contributed by atoms with Crippen molar-refractivity contribution in [1.29, 1.82) is 0 Å². The summed E-state index contributed by atoms with van der Waals surface area (Å²) in [5, 5.41) is 0. The second kappa shape index (κ2) is 3.27. The molecule has 1 aliphatic heterocycles. The SMILES string of the molecule is C[Si]1=C/[Se](=C\Cl)C=C1Cl. The Labute approximate surface area is 70.1 Å². The fourth-order valence-electron chi connectivity index (χ4n) is 0.558. The van der Waals surface area contributed by atoms with Crippen LogP contribution in [0.15, 0.2) is 9.63 Å². The molecule has 0 aromatic heterocycles. The Kier molecular flexibility index (Phi) is 2.87. The molecule has 0 amide bonds. The van der Waals surface area contributed by atoms with Gasteiger partial charge in [0.25, 0.3) is 0 Å². The van der Waals surface area contributed by atoms with Crippen LogP contribution in [-0.2, 0) is 0 Å². The van der Waals surface area contributed by atoms with Crippen molar-refractivity contribution in [3.05, 3.63) is 9.63 Å². The summed E-state index contributed by atoms with van der Waals surface area (Å²) in [6.07, 6.45) is 0. The van der Waals surface area contributed by atoms with E-state index in [2.05, 4.69) is 16.1 Å². The van der Waals surface area contributed by atoms with E-state index in [1.54, 1.807) is 4.38 Å². The van der Waals surface area contributed by atoms with Gasteiger partial charge in [-0.15, -0.1) is 0 Å². The van der Waals surface area contributed by atoms with E-state index in [9.17, 15) is 0 Å². The quantitative estimate of drug-likeness (QED) is 0.564. The maximum atomic E-state index is 5.86. The summed E-state index contributed by atoms with van der Waals surface area (Å²) in [6.45, 7) is 2.19. The molecule has 0 fully saturated rings. The van der Waals surface area contributed by atoms with Crippen LogP contribution in [0.4, 0.5) is 0 Å². The third-order valence-corrected chi connectivity index (χ3v) is 10.8. The van der Waals surface area contributed by atoms with Gasteiger partial charge in [-0.25, -0.2) is 0 Å². The van der Waals surface area contributed by atoms with Crippen LogP contribution in [0, 0.1) is 0 Å². The van der Waals surface area contributed by atoms with Crippen molar-refractivity contribution in [2.45, 2.75) is 6.55 Å². The van der Waals surface area contributed by atoms with E-state index in [4.69, 9.17) is 23.2 Å². The molecular formula is C5H6Cl2SeSi. The van der Waals surface area contributed by atoms with Crippen molar-refractivity contribution in [2.24, 2.45) is 0 Å². The molecule has 4 heteroatoms. The van der Waals surface area contributed by atoms with E-state index >= 15 is 0 Å². The average Bonchev–Trinajstić information content (AvgIpc) is 2.13. The van der Waals surface area contributed by atoms with Gasteiger partial charge in [0.2, 0.25) is 0 Å². The minimum atomic E-state index is -0.787. The van der Waals surface area contributed by atoms with Gasteiger partial charge in [-0.05, 0) is 0 Å². The van der Waals surface area contributed by atoms with Crippen molar-refractivity contribution in [2.75, 3.05) is 0 Å². The Balaban J connectivity index is 2.96. The Bertz CT molecular complexity index is 197. The predicted molar refractivity (Wildman–Crippen MR) is 49.3 cm³/mol. The average molecular weight is 244 g/mol. The number of hydrogen-bond donors (Lipinski definition) is 0. The third kappa shape index (κ3) is 1.86. The van der Waals surface area contributed by atoms with Crippen molar-refractivity contribution >= 4 is 54.0 Å². The van der Waals surface area contributed by atoms with Gasteiger partial charge in [-0.1, -0.05) is 0 Å². The van der Waals surface area contributed by atoms with Crippen LogP contribution in [0.2, 0.25) is 6.55 Å². The molecule has 1 atom stereocenters. The Hall–Kier alpha value is 0.796. The van der Waals surface area contributed by atoms with Gasteiger partial charge in [-0.2, -0.15) is 0 Å². The van der Waals surface area contributed by atoms with Gasteiger partial charge in [0.1, 0.15) is 0 Å². The fourth-order valence-corrected chi connectivity index (χ4v) is 10.2. The van der Waals surface area contributed by atoms with E-state index < -0.39 is 21.9 Å². The molecule has 50 valence electrons. The standard InChI is InChI=1S/C5H6Cl2SeSi/c1-9-4-8(3-6)2-5(9)7/h2-4H,1H3. The zero-order valence-electron chi connectivity index (χ0n) is 4.90. The van der Waals surface area contributed by atoms with Gasteiger partial charge in [-0.3, -0.25) is 0 Å². The molecule has 0 spiro atoms. The molecule has 1 rings (SSSR count). The molecule has 0 aromatic carbocycles. The van der Waals surface area contributed by atoms with E-state index in [0.717, 1.165) is 4.66 Å². The molecule has 0 bridgehead atoms. The molecule has 0 saturated heterocycles. The topological polar surface area (TPSA) is 0 Å². The summed E-state index contributed by atoms with van der Waals surface area (Å²) in [5.41, 5.74) is 0. The Morgan fingerprint density at radius 3 is 2.67 bits per heavy atom. The molecule has 0 radical (unpaired) electrons. The fraction of sp³-hybridized carbons (Fsp3) is 0.200. The normalized spacial score (nSPS) is 26.3. The molecule has 0 nitrogen and oxygen atoms in total. The summed E-state index contributed by atoms with van der Waals surface area (Å²) < 4.78 is 5.16. The van der Waals surface area contributed by atoms with Crippen LogP contribution >= 0.6 is 23.2 Å². The molecule has 0 aromatic rings. The van der Waals surface area contributed by atoms with Crippen molar-refractivity contribution in [3.63, 3.8) is 0 Å². The molecule has 1 heterocycles. The second-order valence-corrected chi connectivity index (χ2v) is 9.62. The van der Waals surface area contributed by atoms with Crippen LogP contribution < -0.4 is 0 Å². The van der Waals surface area contributed by atoms with Crippen LogP contribution in [-0.4, -0.2) is 30.8 Å². The zero-order chi connectivity index (χ0) is 6.85. The zero-order valence-corrected chi connectivity index (χ0v) is 9.12. The van der Waals surface area contributed by atoms with Crippen molar-refractivity contribution in [1.82, 2.24) is 0 Å². The van der Waals surface area contributed by atoms with Gasteiger partial charge in [0.15, 0.2) is 0 Å². The monoisotopic (exact) mass is 244 g/mol. The third-order valence-electron chi connectivity index (χ3n) is 1.03. The molecular weight excluding hydrogens is 238 g/mol. The summed E-state index contributed by atoms with van der Waals surface area (Å²) in [4.78, 5) is 2.13. The Morgan fingerprint density at radius 1 is 1.78 bits per heavy atom. The van der Waals surface area contributed by atoms with Crippen LogP contribution in [0.1, 0.15) is 0 Å². The molecule has 0 saturated carbocycles. The molecule has 0 N–H and O–H groups in total. The van der Waals surface area contributed by atoms with E-state index in [1.165, 1.54) is 0 Å². The summed E-state index contributed by atoms with van der Waals surface area (Å²) in [6, 6.07) is 0. The first-order valence-corrected chi connectivity index (χ1v) is 8.30. The first kappa shape index (κ1) is 7.90. The van der Waals surface area contributed by atoms with E-state index in [0.29, 0.717) is 0 Å². The number of halogens is 2. The molecule has 1 aliphatic rings. The number of rotatable bonds is 0. The molecule has 9 heavy (non-hydrogen) atoms. The summed E-state index contributed by atoms with van der Waals surface area (Å²) in [7, 11) is -0.454. The second-order valence-electron chi connectivity index (χ2n) is 1.76. The minimum absolute atomic E-state index is 0.454. The summed E-state index contributed by atoms with van der Waals surface area (Å²) >= 11 is 10.6. The Morgan fingerprint density at radius 2 is 2.44 bits per heavy atom. The first-order chi connectivity index (χ1) is 4.24. The van der Waals surface area contributed by atoms with Crippen LogP contribution in [0.5, 0.6) is 0 Å². The number of hydrogen-bond acceptors (Lipinski definition) is 0. The first-order valence-electron chi connectivity index (χ1n) is 2.44. The van der Waals surface area contributed by atoms with E-state index in [-0.39, 0.29) is 0 Å². The maximum absolute atomic E-state index is 5.86. The van der Waals surface area contributed by atoms with Crippen molar-refractivity contribution in [3.8, 4) is 0 Å². The van der Waals surface area contributed by atoms with E-state index in [1.807, 2.05) is 0 Å². The van der Waals surface area contributed by atoms with Gasteiger partial charge < -0.3 is 0 Å². The van der Waals surface area contributed by atoms with Gasteiger partial charge >= 0.3 is 70.2 Å². The summed E-state index contributed by atoms with van der Waals surface area (Å²) in [5.74, 6) is 0. The van der Waals surface area contributed by atoms with Crippen molar-refractivity contribution < 1.29 is 0 Å². The van der Waals surface area contributed by atoms with Crippen LogP contribution in [0.3, 0.4) is 0 Å². The van der Waals surface area contributed by atoms with Gasteiger partial charge in [0, 0.05) is 0 Å². The predicted octanol–water partition coefficient (Wildman–Crippen LogP) is 1.32. The molecule has 1 unspecified atom stereocenters. The van der Waals surface area contributed by atoms with Crippen LogP contribution in [0.25, 0.3) is 0 Å².